The van der Waals surface area contributed by atoms with Crippen molar-refractivity contribution in [2.75, 3.05) is 19.6 Å². The molecule has 2 N–H and O–H groups in total. The van der Waals surface area contributed by atoms with E-state index in [2.05, 4.69) is 21.9 Å². The number of hydrogen-bond acceptors (Lipinski definition) is 5. The lowest BCUT2D eigenvalue weighted by atomic mass is 9.83. The van der Waals surface area contributed by atoms with Crippen molar-refractivity contribution in [3.63, 3.8) is 0 Å². The Hall–Kier alpha value is -0.990. The molecular weight excluding hydrogens is 378 g/mol. The third-order valence-corrected chi connectivity index (χ3v) is 6.79. The van der Waals surface area contributed by atoms with Gasteiger partial charge in [-0.3, -0.25) is 0 Å². The Morgan fingerprint density at radius 1 is 1.40 bits per heavy atom. The fraction of sp³-hybridized carbons (Fsp3) is 0.471. The number of aryl methyl sites for hydroxylation is 1. The van der Waals surface area contributed by atoms with E-state index in [1.807, 2.05) is 18.4 Å². The molecule has 1 unspecified atom stereocenters. The molecule has 25 heavy (non-hydrogen) atoms. The molecule has 1 aliphatic heterocycles. The average molecular weight is 402 g/mol. The zero-order valence-corrected chi connectivity index (χ0v) is 16.9. The maximum atomic E-state index is 12.7. The number of nitrogens with one attached hydrogen (secondary N) is 2. The van der Waals surface area contributed by atoms with Gasteiger partial charge in [0.05, 0.1) is 4.90 Å². The van der Waals surface area contributed by atoms with Crippen LogP contribution in [-0.2, 0) is 10.0 Å². The number of halogens is 1. The minimum absolute atomic E-state index is 0. The highest BCUT2D eigenvalue weighted by molar-refractivity contribution is 7.89. The van der Waals surface area contributed by atoms with Crippen LogP contribution in [0.3, 0.4) is 0 Å². The van der Waals surface area contributed by atoms with Gasteiger partial charge in [0.1, 0.15) is 5.01 Å². The van der Waals surface area contributed by atoms with Crippen LogP contribution in [0.2, 0.25) is 0 Å². The molecule has 1 aliphatic rings. The van der Waals surface area contributed by atoms with Crippen LogP contribution in [0.4, 0.5) is 0 Å². The number of thiazole rings is 1. The lowest BCUT2D eigenvalue weighted by Crippen LogP contribution is -2.45. The molecule has 0 aliphatic carbocycles. The number of rotatable bonds is 5. The quantitative estimate of drug-likeness (QED) is 0.806. The van der Waals surface area contributed by atoms with E-state index < -0.39 is 10.0 Å². The van der Waals surface area contributed by atoms with Gasteiger partial charge >= 0.3 is 0 Å². The molecule has 5 nitrogen and oxygen atoms in total. The smallest absolute Gasteiger partial charge is 0.240 e. The van der Waals surface area contributed by atoms with Gasteiger partial charge in [-0.1, -0.05) is 19.1 Å². The summed E-state index contributed by atoms with van der Waals surface area (Å²) >= 11 is 1.52. The highest BCUT2D eigenvalue weighted by atomic mass is 35.5. The van der Waals surface area contributed by atoms with Crippen molar-refractivity contribution >= 4 is 33.8 Å². The number of sulfonamides is 1. The fourth-order valence-electron chi connectivity index (χ4n) is 2.91. The largest absolute Gasteiger partial charge is 0.316 e. The molecule has 2 aromatic rings. The van der Waals surface area contributed by atoms with Gasteiger partial charge in [-0.05, 0) is 43.9 Å². The second-order valence-electron chi connectivity index (χ2n) is 6.74. The summed E-state index contributed by atoms with van der Waals surface area (Å²) in [5, 5.41) is 6.15. The topological polar surface area (TPSA) is 71.1 Å². The van der Waals surface area contributed by atoms with Crippen LogP contribution < -0.4 is 10.0 Å². The minimum Gasteiger partial charge on any atom is -0.316 e. The molecule has 0 bridgehead atoms. The van der Waals surface area contributed by atoms with Gasteiger partial charge in [0.2, 0.25) is 10.0 Å². The second-order valence-corrected chi connectivity index (χ2v) is 9.36. The Balaban J connectivity index is 0.00000225. The zero-order chi connectivity index (χ0) is 17.2. The Morgan fingerprint density at radius 3 is 2.84 bits per heavy atom. The predicted molar refractivity (Wildman–Crippen MR) is 105 cm³/mol. The van der Waals surface area contributed by atoms with Crippen LogP contribution in [0.25, 0.3) is 10.6 Å². The van der Waals surface area contributed by atoms with E-state index in [1.54, 1.807) is 18.2 Å². The first-order chi connectivity index (χ1) is 11.4. The molecule has 138 valence electrons. The Morgan fingerprint density at radius 2 is 2.20 bits per heavy atom. The number of nitrogens with zero attached hydrogens (tertiary/aromatic N) is 1. The first kappa shape index (κ1) is 20.3. The van der Waals surface area contributed by atoms with Gasteiger partial charge in [-0.25, -0.2) is 18.1 Å². The lowest BCUT2D eigenvalue weighted by molar-refractivity contribution is 0.238. The van der Waals surface area contributed by atoms with E-state index in [0.29, 0.717) is 11.4 Å². The molecule has 0 spiro atoms. The summed E-state index contributed by atoms with van der Waals surface area (Å²) in [5.74, 6) is 0. The van der Waals surface area contributed by atoms with E-state index in [0.717, 1.165) is 42.2 Å². The van der Waals surface area contributed by atoms with Crippen LogP contribution in [0.1, 0.15) is 25.5 Å². The van der Waals surface area contributed by atoms with Gasteiger partial charge in [0, 0.05) is 29.7 Å². The van der Waals surface area contributed by atoms with Crippen molar-refractivity contribution in [3.05, 3.63) is 35.3 Å². The molecule has 2 heterocycles. The van der Waals surface area contributed by atoms with E-state index in [9.17, 15) is 8.42 Å². The first-order valence-electron chi connectivity index (χ1n) is 8.11. The SMILES string of the molecule is Cc1csc(-c2cccc(S(=O)(=O)NCC3(C)CCCNC3)c2)n1.Cl. The Bertz CT molecular complexity index is 815. The maximum absolute atomic E-state index is 12.7. The summed E-state index contributed by atoms with van der Waals surface area (Å²) in [7, 11) is -3.52. The molecular formula is C17H24ClN3O2S2. The van der Waals surface area contributed by atoms with Gasteiger partial charge < -0.3 is 5.32 Å². The molecule has 1 fully saturated rings. The molecule has 0 radical (unpaired) electrons. The van der Waals surface area contributed by atoms with Gasteiger partial charge in [-0.15, -0.1) is 23.7 Å². The van der Waals surface area contributed by atoms with Gasteiger partial charge in [0.25, 0.3) is 0 Å². The standard InChI is InChI=1S/C17H23N3O2S2.ClH/c1-13-10-23-16(20-13)14-5-3-6-15(9-14)24(21,22)19-12-17(2)7-4-8-18-11-17;/h3,5-6,9-10,18-19H,4,7-8,11-12H2,1-2H3;1H. The molecule has 1 saturated heterocycles. The fourth-order valence-corrected chi connectivity index (χ4v) is 4.94. The first-order valence-corrected chi connectivity index (χ1v) is 10.5. The van der Waals surface area contributed by atoms with Gasteiger partial charge in [0.15, 0.2) is 0 Å². The Labute approximate surface area is 159 Å². The molecule has 3 rings (SSSR count). The summed E-state index contributed by atoms with van der Waals surface area (Å²) in [5.41, 5.74) is 1.75. The predicted octanol–water partition coefficient (Wildman–Crippen LogP) is 3.21. The number of hydrogen-bond donors (Lipinski definition) is 2. The highest BCUT2D eigenvalue weighted by Crippen LogP contribution is 2.27. The maximum Gasteiger partial charge on any atom is 0.240 e. The minimum atomic E-state index is -3.52. The van der Waals surface area contributed by atoms with E-state index >= 15 is 0 Å². The summed E-state index contributed by atoms with van der Waals surface area (Å²) in [6, 6.07) is 6.99. The van der Waals surface area contributed by atoms with Crippen LogP contribution in [0.5, 0.6) is 0 Å². The van der Waals surface area contributed by atoms with Crippen molar-refractivity contribution in [2.45, 2.75) is 31.6 Å². The van der Waals surface area contributed by atoms with Crippen LogP contribution in [0.15, 0.2) is 34.5 Å². The molecule has 1 aromatic heterocycles. The third-order valence-electron chi connectivity index (χ3n) is 4.38. The van der Waals surface area contributed by atoms with Crippen LogP contribution >= 0.6 is 23.7 Å². The second kappa shape index (κ2) is 8.14. The van der Waals surface area contributed by atoms with Gasteiger partial charge in [-0.2, -0.15) is 0 Å². The molecule has 0 amide bonds. The summed E-state index contributed by atoms with van der Waals surface area (Å²) in [6.07, 6.45) is 2.11. The van der Waals surface area contributed by atoms with Crippen molar-refractivity contribution < 1.29 is 8.42 Å². The monoisotopic (exact) mass is 401 g/mol. The zero-order valence-electron chi connectivity index (χ0n) is 14.4. The van der Waals surface area contributed by atoms with Crippen LogP contribution in [-0.4, -0.2) is 33.0 Å². The van der Waals surface area contributed by atoms with E-state index in [4.69, 9.17) is 0 Å². The van der Waals surface area contributed by atoms with E-state index in [-0.39, 0.29) is 17.8 Å². The van der Waals surface area contributed by atoms with Crippen molar-refractivity contribution in [1.82, 2.24) is 15.0 Å². The lowest BCUT2D eigenvalue weighted by Gasteiger charge is -2.34. The van der Waals surface area contributed by atoms with Crippen molar-refractivity contribution in [3.8, 4) is 10.6 Å². The third kappa shape index (κ3) is 5.01. The molecule has 0 saturated carbocycles. The highest BCUT2D eigenvalue weighted by Gasteiger charge is 2.28. The summed E-state index contributed by atoms with van der Waals surface area (Å²) in [6.45, 7) is 6.35. The number of aromatic nitrogens is 1. The van der Waals surface area contributed by atoms with Crippen LogP contribution in [0, 0.1) is 12.3 Å². The molecule has 8 heteroatoms. The normalized spacial score (nSPS) is 20.9. The molecule has 1 aromatic carbocycles. The van der Waals surface area contributed by atoms with Crippen molar-refractivity contribution in [2.24, 2.45) is 5.41 Å². The number of benzene rings is 1. The summed E-state index contributed by atoms with van der Waals surface area (Å²) in [4.78, 5) is 4.72. The summed E-state index contributed by atoms with van der Waals surface area (Å²) < 4.78 is 28.1. The average Bonchev–Trinajstić information content (AvgIpc) is 3.01. The molecule has 1 atom stereocenters. The number of piperidine rings is 1. The Kier molecular flexibility index (Phi) is 6.62. The van der Waals surface area contributed by atoms with Crippen molar-refractivity contribution in [1.29, 1.82) is 0 Å². The van der Waals surface area contributed by atoms with E-state index in [1.165, 1.54) is 11.3 Å².